The molecule has 0 unspecified atom stereocenters. The zero-order valence-corrected chi connectivity index (χ0v) is 10.5. The van der Waals surface area contributed by atoms with Crippen molar-refractivity contribution in [3.8, 4) is 0 Å². The monoisotopic (exact) mass is 264 g/mol. The molecule has 7 heteroatoms. The van der Waals surface area contributed by atoms with Crippen LogP contribution in [0.3, 0.4) is 0 Å². The first-order valence-corrected chi connectivity index (χ1v) is 6.29. The van der Waals surface area contributed by atoms with Gasteiger partial charge in [0.1, 0.15) is 5.82 Å². The molecule has 102 valence electrons. The molecule has 1 saturated heterocycles. The maximum absolute atomic E-state index is 11.9. The normalized spacial score (nSPS) is 15.1. The average Bonchev–Trinajstić information content (AvgIpc) is 2.46. The van der Waals surface area contributed by atoms with E-state index in [1.807, 2.05) is 4.90 Å². The average molecular weight is 264 g/mol. The molecule has 0 saturated carbocycles. The van der Waals surface area contributed by atoms with Crippen LogP contribution in [0.2, 0.25) is 0 Å². The van der Waals surface area contributed by atoms with Crippen molar-refractivity contribution in [1.82, 2.24) is 9.88 Å². The van der Waals surface area contributed by atoms with Crippen molar-refractivity contribution in [2.24, 2.45) is 0 Å². The van der Waals surface area contributed by atoms with Crippen molar-refractivity contribution in [3.05, 3.63) is 28.4 Å². The molecule has 1 aliphatic rings. The van der Waals surface area contributed by atoms with Crippen LogP contribution in [0.1, 0.15) is 19.3 Å². The van der Waals surface area contributed by atoms with Gasteiger partial charge in [-0.1, -0.05) is 0 Å². The molecule has 1 aromatic rings. The molecule has 1 aliphatic heterocycles. The van der Waals surface area contributed by atoms with Gasteiger partial charge in [-0.2, -0.15) is 0 Å². The van der Waals surface area contributed by atoms with Gasteiger partial charge in [0, 0.05) is 25.4 Å². The molecular weight excluding hydrogens is 248 g/mol. The molecule has 0 aliphatic carbocycles. The molecule has 7 nitrogen and oxygen atoms in total. The van der Waals surface area contributed by atoms with Gasteiger partial charge in [-0.3, -0.25) is 14.9 Å². The summed E-state index contributed by atoms with van der Waals surface area (Å²) in [6.07, 6.45) is 4.61. The van der Waals surface area contributed by atoms with Gasteiger partial charge >= 0.3 is 0 Å². The number of hydrogen-bond acceptors (Lipinski definition) is 5. The second-order valence-corrected chi connectivity index (χ2v) is 4.45. The van der Waals surface area contributed by atoms with Crippen molar-refractivity contribution in [3.63, 3.8) is 0 Å². The Morgan fingerprint density at radius 3 is 2.84 bits per heavy atom. The Morgan fingerprint density at radius 1 is 1.42 bits per heavy atom. The predicted octanol–water partition coefficient (Wildman–Crippen LogP) is 1.41. The summed E-state index contributed by atoms with van der Waals surface area (Å²) in [5, 5.41) is 13.4. The van der Waals surface area contributed by atoms with Crippen LogP contribution in [0.4, 0.5) is 11.5 Å². The number of amides is 1. The topological polar surface area (TPSA) is 88.4 Å². The molecular formula is C12H16N4O3. The number of anilines is 1. The minimum absolute atomic E-state index is 0.00741. The van der Waals surface area contributed by atoms with E-state index in [4.69, 9.17) is 0 Å². The molecule has 1 amide bonds. The van der Waals surface area contributed by atoms with Gasteiger partial charge in [-0.05, 0) is 19.3 Å². The number of likely N-dealkylation sites (tertiary alicyclic amines) is 1. The Kier molecular flexibility index (Phi) is 4.27. The molecule has 1 N–H and O–H groups in total. The number of piperidine rings is 1. The van der Waals surface area contributed by atoms with Gasteiger partial charge in [0.25, 0.3) is 5.69 Å². The Bertz CT molecular complexity index is 472. The van der Waals surface area contributed by atoms with Crippen molar-refractivity contribution < 1.29 is 9.72 Å². The molecule has 2 rings (SSSR count). The lowest BCUT2D eigenvalue weighted by molar-refractivity contribution is -0.384. The lowest BCUT2D eigenvalue weighted by Crippen LogP contribution is -2.39. The summed E-state index contributed by atoms with van der Waals surface area (Å²) in [5.74, 6) is 0.354. The van der Waals surface area contributed by atoms with Crippen LogP contribution >= 0.6 is 0 Å². The number of carbonyl (C=O) groups excluding carboxylic acids is 1. The molecule has 0 atom stereocenters. The zero-order valence-electron chi connectivity index (χ0n) is 10.5. The van der Waals surface area contributed by atoms with E-state index in [0.29, 0.717) is 5.82 Å². The van der Waals surface area contributed by atoms with Gasteiger partial charge in [0.05, 0.1) is 17.5 Å². The molecule has 0 radical (unpaired) electrons. The van der Waals surface area contributed by atoms with E-state index in [1.165, 1.54) is 24.8 Å². The summed E-state index contributed by atoms with van der Waals surface area (Å²) >= 11 is 0. The number of nitrogens with one attached hydrogen (secondary N) is 1. The Hall–Kier alpha value is -2.18. The summed E-state index contributed by atoms with van der Waals surface area (Å²) in [6, 6.07) is 2.64. The molecule has 1 fully saturated rings. The van der Waals surface area contributed by atoms with Crippen molar-refractivity contribution in [2.75, 3.05) is 25.0 Å². The quantitative estimate of drug-likeness (QED) is 0.656. The highest BCUT2D eigenvalue weighted by atomic mass is 16.6. The molecule has 19 heavy (non-hydrogen) atoms. The number of carbonyl (C=O) groups is 1. The van der Waals surface area contributed by atoms with Gasteiger partial charge in [-0.25, -0.2) is 4.98 Å². The van der Waals surface area contributed by atoms with Crippen LogP contribution in [0.5, 0.6) is 0 Å². The van der Waals surface area contributed by atoms with Crippen molar-refractivity contribution in [2.45, 2.75) is 19.3 Å². The van der Waals surface area contributed by atoms with E-state index in [-0.39, 0.29) is 18.1 Å². The van der Waals surface area contributed by atoms with Crippen LogP contribution < -0.4 is 5.32 Å². The zero-order chi connectivity index (χ0) is 13.7. The van der Waals surface area contributed by atoms with Crippen molar-refractivity contribution in [1.29, 1.82) is 0 Å². The highest BCUT2D eigenvalue weighted by Crippen LogP contribution is 2.14. The van der Waals surface area contributed by atoms with E-state index in [9.17, 15) is 14.9 Å². The molecule has 1 aromatic heterocycles. The fraction of sp³-hybridized carbons (Fsp3) is 0.500. The third-order valence-corrected chi connectivity index (χ3v) is 3.08. The smallest absolute Gasteiger partial charge is 0.274 e. The fourth-order valence-electron chi connectivity index (χ4n) is 2.05. The van der Waals surface area contributed by atoms with Gasteiger partial charge in [-0.15, -0.1) is 0 Å². The van der Waals surface area contributed by atoms with E-state index < -0.39 is 4.92 Å². The molecule has 0 spiro atoms. The van der Waals surface area contributed by atoms with Gasteiger partial charge < -0.3 is 10.2 Å². The van der Waals surface area contributed by atoms with Gasteiger partial charge in [0.15, 0.2) is 0 Å². The number of aromatic nitrogens is 1. The first kappa shape index (κ1) is 13.3. The van der Waals surface area contributed by atoms with Gasteiger partial charge in [0.2, 0.25) is 5.91 Å². The minimum atomic E-state index is -0.487. The summed E-state index contributed by atoms with van der Waals surface area (Å²) in [5.41, 5.74) is -0.0390. The van der Waals surface area contributed by atoms with Crippen LogP contribution in [0.15, 0.2) is 18.3 Å². The second kappa shape index (κ2) is 6.12. The summed E-state index contributed by atoms with van der Waals surface area (Å²) in [7, 11) is 0. The highest BCUT2D eigenvalue weighted by molar-refractivity contribution is 5.80. The first-order valence-electron chi connectivity index (χ1n) is 6.29. The Labute approximate surface area is 110 Å². The number of nitrogens with zero attached hydrogens (tertiary/aromatic N) is 3. The minimum Gasteiger partial charge on any atom is -0.361 e. The van der Waals surface area contributed by atoms with E-state index in [1.54, 1.807) is 0 Å². The second-order valence-electron chi connectivity index (χ2n) is 4.45. The number of pyridine rings is 1. The van der Waals surface area contributed by atoms with Crippen LogP contribution in [-0.4, -0.2) is 40.3 Å². The third kappa shape index (κ3) is 3.64. The molecule has 0 aromatic carbocycles. The number of hydrogen-bond donors (Lipinski definition) is 1. The Balaban J connectivity index is 1.89. The van der Waals surface area contributed by atoms with Crippen LogP contribution in [0, 0.1) is 10.1 Å². The molecule has 0 bridgehead atoms. The van der Waals surface area contributed by atoms with Crippen LogP contribution in [-0.2, 0) is 4.79 Å². The standard InChI is InChI=1S/C12H16N4O3/c17-12(15-6-2-1-3-7-15)9-14-11-8-10(16(18)19)4-5-13-11/h4-5,8H,1-3,6-7,9H2,(H,13,14). The van der Waals surface area contributed by atoms with E-state index in [2.05, 4.69) is 10.3 Å². The predicted molar refractivity (Wildman–Crippen MR) is 69.8 cm³/mol. The lowest BCUT2D eigenvalue weighted by Gasteiger charge is -2.26. The summed E-state index contributed by atoms with van der Waals surface area (Å²) in [4.78, 5) is 27.8. The fourth-order valence-corrected chi connectivity index (χ4v) is 2.05. The van der Waals surface area contributed by atoms with E-state index in [0.717, 1.165) is 25.9 Å². The van der Waals surface area contributed by atoms with Crippen LogP contribution in [0.25, 0.3) is 0 Å². The summed E-state index contributed by atoms with van der Waals surface area (Å²) < 4.78 is 0. The molecule has 2 heterocycles. The lowest BCUT2D eigenvalue weighted by atomic mass is 10.1. The highest BCUT2D eigenvalue weighted by Gasteiger charge is 2.16. The summed E-state index contributed by atoms with van der Waals surface area (Å²) in [6.45, 7) is 1.71. The SMILES string of the molecule is O=C(CNc1cc([N+](=O)[O-])ccn1)N1CCCCC1. The Morgan fingerprint density at radius 2 is 2.16 bits per heavy atom. The first-order chi connectivity index (χ1) is 9.16. The maximum Gasteiger partial charge on any atom is 0.274 e. The maximum atomic E-state index is 11.9. The largest absolute Gasteiger partial charge is 0.361 e. The van der Waals surface area contributed by atoms with Crippen molar-refractivity contribution >= 4 is 17.4 Å². The number of nitro groups is 1. The van der Waals surface area contributed by atoms with E-state index >= 15 is 0 Å². The third-order valence-electron chi connectivity index (χ3n) is 3.08. The number of rotatable bonds is 4.